The van der Waals surface area contributed by atoms with E-state index in [2.05, 4.69) is 0 Å². The second kappa shape index (κ2) is 21.8. The van der Waals surface area contributed by atoms with Crippen LogP contribution in [0.1, 0.15) is 87.0 Å². The molecule has 0 radical (unpaired) electrons. The number of carbonyl (C=O) groups is 4. The lowest BCUT2D eigenvalue weighted by Crippen LogP contribution is -2.66. The number of methoxy groups -OCH3 is 1. The van der Waals surface area contributed by atoms with Crippen LogP contribution in [0, 0.1) is 11.8 Å². The highest BCUT2D eigenvalue weighted by Gasteiger charge is 2.53. The Balaban J connectivity index is 2.00. The van der Waals surface area contributed by atoms with E-state index in [0.717, 1.165) is 0 Å². The SMILES string of the molecule is CCC(=O)OC1C(C)OC(OC2C(C)OC(OC3C(CC=O)CC(C)C(O)/C=C\C=C\CC(C)OC(=O)CC(OC(C)=O)C3OC)C(O)C2N(C)C)CC1(C)O. The molecule has 3 aliphatic heterocycles. The van der Waals surface area contributed by atoms with Crippen molar-refractivity contribution in [2.75, 3.05) is 21.2 Å². The van der Waals surface area contributed by atoms with Crippen molar-refractivity contribution in [1.29, 1.82) is 0 Å². The maximum absolute atomic E-state index is 13.2. The molecule has 16 nitrogen and oxygen atoms in total. The summed E-state index contributed by atoms with van der Waals surface area (Å²) in [5.41, 5.74) is -1.49. The molecular formula is C40H65NO15. The molecule has 16 atom stereocenters. The first-order chi connectivity index (χ1) is 26.3. The Kier molecular flexibility index (Phi) is 18.5. The van der Waals surface area contributed by atoms with Crippen LogP contribution in [0.5, 0.6) is 0 Å². The molecule has 16 unspecified atom stereocenters. The highest BCUT2D eigenvalue weighted by atomic mass is 16.7. The molecule has 2 saturated heterocycles. The number of cyclic esters (lactones) is 1. The number of rotatable bonds is 11. The molecule has 16 heteroatoms. The smallest absolute Gasteiger partial charge is 0.309 e. The lowest BCUT2D eigenvalue weighted by molar-refractivity contribution is -0.344. The van der Waals surface area contributed by atoms with Crippen LogP contribution in [0.25, 0.3) is 0 Å². The van der Waals surface area contributed by atoms with Crippen molar-refractivity contribution in [1.82, 2.24) is 4.90 Å². The van der Waals surface area contributed by atoms with Crippen LogP contribution in [0.4, 0.5) is 0 Å². The van der Waals surface area contributed by atoms with Gasteiger partial charge in [0.2, 0.25) is 0 Å². The van der Waals surface area contributed by atoms with Gasteiger partial charge in [-0.15, -0.1) is 0 Å². The molecule has 56 heavy (non-hydrogen) atoms. The Morgan fingerprint density at radius 1 is 1.02 bits per heavy atom. The lowest BCUT2D eigenvalue weighted by Gasteiger charge is -2.50. The summed E-state index contributed by atoms with van der Waals surface area (Å²) >= 11 is 0. The molecule has 0 spiro atoms. The third-order valence-electron chi connectivity index (χ3n) is 10.6. The third kappa shape index (κ3) is 13.1. The summed E-state index contributed by atoms with van der Waals surface area (Å²) in [4.78, 5) is 51.7. The van der Waals surface area contributed by atoms with E-state index in [1.54, 1.807) is 77.9 Å². The van der Waals surface area contributed by atoms with Gasteiger partial charge in [0.1, 0.15) is 42.4 Å². The van der Waals surface area contributed by atoms with Crippen molar-refractivity contribution in [3.05, 3.63) is 24.3 Å². The fourth-order valence-electron chi connectivity index (χ4n) is 7.78. The minimum atomic E-state index is -1.49. The van der Waals surface area contributed by atoms with Crippen molar-refractivity contribution in [3.8, 4) is 0 Å². The summed E-state index contributed by atoms with van der Waals surface area (Å²) in [6, 6.07) is -0.778. The van der Waals surface area contributed by atoms with Crippen molar-refractivity contribution >= 4 is 24.2 Å². The van der Waals surface area contributed by atoms with Gasteiger partial charge in [-0.2, -0.15) is 0 Å². The molecule has 3 N–H and O–H groups in total. The van der Waals surface area contributed by atoms with Crippen LogP contribution in [0.3, 0.4) is 0 Å². The van der Waals surface area contributed by atoms with E-state index in [-0.39, 0.29) is 25.7 Å². The van der Waals surface area contributed by atoms with Gasteiger partial charge in [-0.1, -0.05) is 38.2 Å². The summed E-state index contributed by atoms with van der Waals surface area (Å²) < 4.78 is 48.2. The van der Waals surface area contributed by atoms with Gasteiger partial charge >= 0.3 is 17.9 Å². The van der Waals surface area contributed by atoms with E-state index in [1.807, 2.05) is 6.92 Å². The Morgan fingerprint density at radius 3 is 2.30 bits per heavy atom. The van der Waals surface area contributed by atoms with E-state index in [0.29, 0.717) is 12.7 Å². The average Bonchev–Trinajstić information content (AvgIpc) is 3.09. The molecule has 3 heterocycles. The van der Waals surface area contributed by atoms with E-state index in [4.69, 9.17) is 37.9 Å². The van der Waals surface area contributed by atoms with E-state index >= 15 is 0 Å². The van der Waals surface area contributed by atoms with Crippen LogP contribution in [0.2, 0.25) is 0 Å². The number of aliphatic hydroxyl groups excluding tert-OH is 2. The number of hydrogen-bond donors (Lipinski definition) is 3. The molecule has 0 saturated carbocycles. The third-order valence-corrected chi connectivity index (χ3v) is 10.6. The zero-order valence-electron chi connectivity index (χ0n) is 34.5. The second-order valence-corrected chi connectivity index (χ2v) is 15.7. The zero-order valence-corrected chi connectivity index (χ0v) is 34.5. The normalized spacial score (nSPS) is 41.6. The van der Waals surface area contributed by atoms with Gasteiger partial charge in [-0.05, 0) is 60.0 Å². The van der Waals surface area contributed by atoms with Gasteiger partial charge in [0.15, 0.2) is 18.7 Å². The molecule has 3 rings (SSSR count). The fourth-order valence-corrected chi connectivity index (χ4v) is 7.78. The Morgan fingerprint density at radius 2 is 1.71 bits per heavy atom. The van der Waals surface area contributed by atoms with Crippen LogP contribution in [0.15, 0.2) is 24.3 Å². The van der Waals surface area contributed by atoms with E-state index < -0.39 is 121 Å². The van der Waals surface area contributed by atoms with Crippen molar-refractivity contribution < 1.29 is 72.4 Å². The maximum atomic E-state index is 13.2. The summed E-state index contributed by atoms with van der Waals surface area (Å²) in [5.74, 6) is -2.92. The summed E-state index contributed by atoms with van der Waals surface area (Å²) in [6.07, 6.45) is -4.12. The van der Waals surface area contributed by atoms with Gasteiger partial charge in [-0.25, -0.2) is 0 Å². The number of carbonyl (C=O) groups excluding carboxylic acids is 4. The number of nitrogens with zero attached hydrogens (tertiary/aromatic N) is 1. The minimum Gasteiger partial charge on any atom is -0.462 e. The number of esters is 3. The second-order valence-electron chi connectivity index (χ2n) is 15.7. The van der Waals surface area contributed by atoms with Gasteiger partial charge in [-0.3, -0.25) is 14.4 Å². The standard InChI is InChI=1S/C40H65NO15/c1-11-30(45)54-38-25(5)51-32(21-40(38,7)48)55-35-24(4)52-39(34(47)33(35)41(8)9)56-36-27(17-18-42)19-22(2)28(44)16-14-12-13-15-23(3)50-31(46)20-29(37(36)49-10)53-26(6)43/h12-14,16,18,22-25,27-29,32-39,44,47-48H,11,15,17,19-21H2,1-10H3/b13-12+,16-14-. The van der Waals surface area contributed by atoms with Gasteiger partial charge in [0.05, 0.1) is 36.9 Å². The van der Waals surface area contributed by atoms with Crippen LogP contribution < -0.4 is 0 Å². The fraction of sp³-hybridized carbons (Fsp3) is 0.800. The zero-order chi connectivity index (χ0) is 41.9. The molecule has 0 aromatic carbocycles. The first-order valence-corrected chi connectivity index (χ1v) is 19.6. The number of ether oxygens (including phenoxy) is 8. The maximum Gasteiger partial charge on any atom is 0.309 e. The highest BCUT2D eigenvalue weighted by molar-refractivity contribution is 5.72. The van der Waals surface area contributed by atoms with Gasteiger partial charge in [0.25, 0.3) is 0 Å². The Hall–Kier alpha value is -2.80. The minimum absolute atomic E-state index is 0.0440. The van der Waals surface area contributed by atoms with Crippen molar-refractivity contribution in [2.45, 2.75) is 172 Å². The summed E-state index contributed by atoms with van der Waals surface area (Å²) in [5, 5.41) is 34.4. The molecule has 2 fully saturated rings. The quantitative estimate of drug-likeness (QED) is 0.156. The van der Waals surface area contributed by atoms with Crippen molar-refractivity contribution in [3.63, 3.8) is 0 Å². The largest absolute Gasteiger partial charge is 0.462 e. The molecule has 0 aliphatic carbocycles. The summed E-state index contributed by atoms with van der Waals surface area (Å²) in [6.45, 7) is 11.3. The molecule has 0 aromatic heterocycles. The summed E-state index contributed by atoms with van der Waals surface area (Å²) in [7, 11) is 4.85. The Bertz CT molecular complexity index is 1340. The number of allylic oxidation sites excluding steroid dienone is 2. The monoisotopic (exact) mass is 799 g/mol. The number of likely N-dealkylation sites (N-methyl/N-ethyl adjacent to an activating group) is 1. The van der Waals surface area contributed by atoms with Crippen LogP contribution >= 0.6 is 0 Å². The number of aliphatic hydroxyl groups is 3. The highest BCUT2D eigenvalue weighted by Crippen LogP contribution is 2.37. The number of aldehydes is 1. The van der Waals surface area contributed by atoms with Gasteiger partial charge < -0.3 is 62.9 Å². The van der Waals surface area contributed by atoms with Gasteiger partial charge in [0, 0.05) is 39.7 Å². The first-order valence-electron chi connectivity index (χ1n) is 19.6. The molecule has 0 amide bonds. The van der Waals surface area contributed by atoms with E-state index in [1.165, 1.54) is 14.0 Å². The molecular weight excluding hydrogens is 734 g/mol. The topological polar surface area (TPSA) is 206 Å². The lowest BCUT2D eigenvalue weighted by atomic mass is 9.82. The number of hydrogen-bond acceptors (Lipinski definition) is 16. The van der Waals surface area contributed by atoms with Crippen LogP contribution in [-0.2, 0) is 57.1 Å². The average molecular weight is 800 g/mol. The molecule has 3 aliphatic rings. The first kappa shape index (κ1) is 47.6. The Labute approximate surface area is 330 Å². The van der Waals surface area contributed by atoms with Crippen LogP contribution in [-0.4, -0.2) is 151 Å². The molecule has 0 bridgehead atoms. The molecule has 0 aromatic rings. The predicted molar refractivity (Wildman–Crippen MR) is 201 cm³/mol. The predicted octanol–water partition coefficient (Wildman–Crippen LogP) is 2.38. The molecule has 320 valence electrons. The van der Waals surface area contributed by atoms with Crippen molar-refractivity contribution in [2.24, 2.45) is 11.8 Å². The van der Waals surface area contributed by atoms with E-state index in [9.17, 15) is 34.5 Å².